The molecule has 1 atom stereocenters. The number of hydrogen-bond donors (Lipinski definition) is 2. The number of allylic oxidation sites excluding steroid dienone is 2. The smallest absolute Gasteiger partial charge is 0.423 e. The minimum atomic E-state index is -2.30. The van der Waals surface area contributed by atoms with Crippen molar-refractivity contribution >= 4 is 12.7 Å². The zero-order valence-corrected chi connectivity index (χ0v) is 10.3. The zero-order valence-electron chi connectivity index (χ0n) is 10.3. The highest BCUT2D eigenvalue weighted by Crippen LogP contribution is 2.38. The maximum atomic E-state index is 14.5. The standard InChI is InChI=1S/C13H13BF2O3/c1-19-13(16)8-10(5-6-12(13)14(17)18)9-3-2-4-11(15)7-9/h2-7,17-18H,8H2,1H3. The second-order valence-electron chi connectivity index (χ2n) is 4.31. The van der Waals surface area contributed by atoms with Gasteiger partial charge in [-0.3, -0.25) is 0 Å². The van der Waals surface area contributed by atoms with E-state index in [0.29, 0.717) is 11.1 Å². The van der Waals surface area contributed by atoms with E-state index in [0.717, 1.165) is 7.11 Å². The largest absolute Gasteiger partial charge is 0.489 e. The number of halogens is 2. The van der Waals surface area contributed by atoms with Crippen molar-refractivity contribution in [2.45, 2.75) is 12.3 Å². The third-order valence-corrected chi connectivity index (χ3v) is 3.11. The minimum Gasteiger partial charge on any atom is -0.423 e. The quantitative estimate of drug-likeness (QED) is 0.821. The van der Waals surface area contributed by atoms with E-state index in [1.54, 1.807) is 6.07 Å². The average Bonchev–Trinajstić information content (AvgIpc) is 2.38. The van der Waals surface area contributed by atoms with E-state index >= 15 is 0 Å². The first-order valence-corrected chi connectivity index (χ1v) is 5.73. The van der Waals surface area contributed by atoms with Crippen LogP contribution in [0.4, 0.5) is 8.78 Å². The summed E-state index contributed by atoms with van der Waals surface area (Å²) >= 11 is 0. The van der Waals surface area contributed by atoms with Crippen molar-refractivity contribution in [1.29, 1.82) is 0 Å². The van der Waals surface area contributed by atoms with Crippen molar-refractivity contribution < 1.29 is 23.6 Å². The van der Waals surface area contributed by atoms with Gasteiger partial charge in [-0.2, -0.15) is 0 Å². The Kier molecular flexibility index (Phi) is 3.84. The molecule has 0 radical (unpaired) electrons. The molecule has 100 valence electrons. The summed E-state index contributed by atoms with van der Waals surface area (Å²) in [6, 6.07) is 5.76. The monoisotopic (exact) mass is 266 g/mol. The highest BCUT2D eigenvalue weighted by molar-refractivity contribution is 6.51. The van der Waals surface area contributed by atoms with Crippen LogP contribution >= 0.6 is 0 Å². The highest BCUT2D eigenvalue weighted by atomic mass is 19.2. The van der Waals surface area contributed by atoms with E-state index < -0.39 is 18.8 Å². The maximum absolute atomic E-state index is 14.5. The van der Waals surface area contributed by atoms with E-state index in [-0.39, 0.29) is 11.9 Å². The molecule has 0 saturated heterocycles. The summed E-state index contributed by atoms with van der Waals surface area (Å²) in [5.41, 5.74) is 0.783. The Morgan fingerprint density at radius 2 is 2.05 bits per heavy atom. The molecule has 6 heteroatoms. The molecule has 1 aromatic carbocycles. The van der Waals surface area contributed by atoms with Gasteiger partial charge in [0.1, 0.15) is 5.82 Å². The lowest BCUT2D eigenvalue weighted by atomic mass is 9.70. The van der Waals surface area contributed by atoms with Gasteiger partial charge in [-0.05, 0) is 23.3 Å². The average molecular weight is 266 g/mol. The van der Waals surface area contributed by atoms with Gasteiger partial charge in [-0.1, -0.05) is 24.3 Å². The lowest BCUT2D eigenvalue weighted by Gasteiger charge is -2.30. The molecule has 0 fully saturated rings. The summed E-state index contributed by atoms with van der Waals surface area (Å²) in [7, 11) is -0.791. The fraction of sp³-hybridized carbons (Fsp3) is 0.231. The summed E-state index contributed by atoms with van der Waals surface area (Å²) < 4.78 is 32.4. The summed E-state index contributed by atoms with van der Waals surface area (Å²) in [6.45, 7) is 0. The maximum Gasteiger partial charge on any atom is 0.489 e. The molecule has 0 aromatic heterocycles. The number of methoxy groups -OCH3 is 1. The lowest BCUT2D eigenvalue weighted by Crippen LogP contribution is -2.38. The molecule has 1 unspecified atom stereocenters. The molecule has 0 bridgehead atoms. The van der Waals surface area contributed by atoms with Crippen LogP contribution in [0, 0.1) is 5.82 Å². The normalized spacial score (nSPS) is 22.8. The Morgan fingerprint density at radius 1 is 1.32 bits per heavy atom. The first kappa shape index (κ1) is 13.9. The lowest BCUT2D eigenvalue weighted by molar-refractivity contribution is -0.0815. The molecule has 1 aliphatic carbocycles. The fourth-order valence-corrected chi connectivity index (χ4v) is 2.08. The first-order chi connectivity index (χ1) is 8.96. The van der Waals surface area contributed by atoms with E-state index in [1.807, 2.05) is 0 Å². The Hall–Kier alpha value is -1.50. The molecular weight excluding hydrogens is 253 g/mol. The molecule has 1 aliphatic rings. The van der Waals surface area contributed by atoms with Gasteiger partial charge in [-0.25, -0.2) is 8.78 Å². The molecule has 19 heavy (non-hydrogen) atoms. The van der Waals surface area contributed by atoms with Crippen LogP contribution in [-0.2, 0) is 4.74 Å². The summed E-state index contributed by atoms with van der Waals surface area (Å²) in [6.07, 6.45) is 2.56. The third kappa shape index (κ3) is 2.75. The van der Waals surface area contributed by atoms with Crippen molar-refractivity contribution in [3.63, 3.8) is 0 Å². The minimum absolute atomic E-state index is 0.212. The van der Waals surface area contributed by atoms with E-state index in [4.69, 9.17) is 14.8 Å². The predicted molar refractivity (Wildman–Crippen MR) is 68.1 cm³/mol. The molecule has 2 rings (SSSR count). The number of benzene rings is 1. The van der Waals surface area contributed by atoms with Gasteiger partial charge in [0.2, 0.25) is 5.85 Å². The Morgan fingerprint density at radius 3 is 2.63 bits per heavy atom. The first-order valence-electron chi connectivity index (χ1n) is 5.73. The fourth-order valence-electron chi connectivity index (χ4n) is 2.08. The Labute approximate surface area is 110 Å². The second kappa shape index (κ2) is 5.24. The molecule has 1 aromatic rings. The van der Waals surface area contributed by atoms with E-state index in [2.05, 4.69) is 0 Å². The van der Waals surface area contributed by atoms with Crippen LogP contribution in [0.3, 0.4) is 0 Å². The van der Waals surface area contributed by atoms with E-state index in [1.165, 1.54) is 30.4 Å². The van der Waals surface area contributed by atoms with Gasteiger partial charge in [0.15, 0.2) is 0 Å². The van der Waals surface area contributed by atoms with Crippen LogP contribution in [-0.4, -0.2) is 30.1 Å². The van der Waals surface area contributed by atoms with Crippen LogP contribution in [0.2, 0.25) is 0 Å². The van der Waals surface area contributed by atoms with Crippen molar-refractivity contribution in [2.75, 3.05) is 7.11 Å². The number of alkyl halides is 1. The molecule has 0 aliphatic heterocycles. The second-order valence-corrected chi connectivity index (χ2v) is 4.31. The molecule has 0 heterocycles. The van der Waals surface area contributed by atoms with Crippen molar-refractivity contribution in [1.82, 2.24) is 0 Å². The van der Waals surface area contributed by atoms with Crippen LogP contribution in [0.5, 0.6) is 0 Å². The Balaban J connectivity index is 2.40. The molecule has 3 nitrogen and oxygen atoms in total. The molecular formula is C13H13BF2O3. The number of ether oxygens (including phenoxy) is 1. The molecule has 0 spiro atoms. The molecule has 2 N–H and O–H groups in total. The number of hydrogen-bond acceptors (Lipinski definition) is 3. The Bertz CT molecular complexity index is 542. The van der Waals surface area contributed by atoms with Crippen LogP contribution in [0.15, 0.2) is 41.9 Å². The van der Waals surface area contributed by atoms with Crippen molar-refractivity contribution in [3.8, 4) is 0 Å². The topological polar surface area (TPSA) is 49.7 Å². The predicted octanol–water partition coefficient (Wildman–Crippen LogP) is 1.86. The molecule has 0 saturated carbocycles. The van der Waals surface area contributed by atoms with Gasteiger partial charge in [0, 0.05) is 19.0 Å². The van der Waals surface area contributed by atoms with Gasteiger partial charge >= 0.3 is 7.12 Å². The van der Waals surface area contributed by atoms with Crippen LogP contribution in [0.25, 0.3) is 5.57 Å². The van der Waals surface area contributed by atoms with Crippen molar-refractivity contribution in [2.24, 2.45) is 0 Å². The van der Waals surface area contributed by atoms with Gasteiger partial charge < -0.3 is 14.8 Å². The van der Waals surface area contributed by atoms with Crippen LogP contribution in [0.1, 0.15) is 12.0 Å². The molecule has 0 amide bonds. The summed E-state index contributed by atoms with van der Waals surface area (Å²) in [4.78, 5) is 0. The SMILES string of the molecule is COC1(F)CC(c2cccc(F)c2)=CC=C1B(O)O. The van der Waals surface area contributed by atoms with Crippen LogP contribution < -0.4 is 0 Å². The number of rotatable bonds is 3. The summed E-state index contributed by atoms with van der Waals surface area (Å²) in [5, 5.41) is 18.2. The van der Waals surface area contributed by atoms with Crippen molar-refractivity contribution in [3.05, 3.63) is 53.3 Å². The van der Waals surface area contributed by atoms with Gasteiger partial charge in [0.25, 0.3) is 0 Å². The van der Waals surface area contributed by atoms with Gasteiger partial charge in [0.05, 0.1) is 0 Å². The van der Waals surface area contributed by atoms with E-state index in [9.17, 15) is 8.78 Å². The third-order valence-electron chi connectivity index (χ3n) is 3.11. The zero-order chi connectivity index (χ0) is 14.0. The van der Waals surface area contributed by atoms with Gasteiger partial charge in [-0.15, -0.1) is 0 Å². The highest BCUT2D eigenvalue weighted by Gasteiger charge is 2.42. The summed E-state index contributed by atoms with van der Waals surface area (Å²) in [5.74, 6) is -2.72.